The number of anilines is 2. The van der Waals surface area contributed by atoms with E-state index < -0.39 is 11.8 Å². The average molecular weight is 532 g/mol. The number of nitrogens with one attached hydrogen (secondary N) is 1. The number of carbonyl (C=O) groups excluding carboxylic acids is 2. The summed E-state index contributed by atoms with van der Waals surface area (Å²) in [6.45, 7) is 11.9. The van der Waals surface area contributed by atoms with Crippen molar-refractivity contribution in [2.45, 2.75) is 52.4 Å². The minimum Gasteiger partial charge on any atom is -0.497 e. The Kier molecular flexibility index (Phi) is 7.32. The van der Waals surface area contributed by atoms with Gasteiger partial charge < -0.3 is 4.74 Å². The summed E-state index contributed by atoms with van der Waals surface area (Å²) < 4.78 is 21.9. The number of imide groups is 1. The monoisotopic (exact) mass is 531 g/mol. The molecule has 0 bridgehead atoms. The van der Waals surface area contributed by atoms with E-state index in [9.17, 15) is 14.0 Å². The highest BCUT2D eigenvalue weighted by Crippen LogP contribution is 2.30. The lowest BCUT2D eigenvalue weighted by molar-refractivity contribution is 0.259. The van der Waals surface area contributed by atoms with Crippen LogP contribution >= 0.6 is 0 Å². The molecule has 0 atom stereocenters. The third-order valence-corrected chi connectivity index (χ3v) is 6.08. The summed E-state index contributed by atoms with van der Waals surface area (Å²) in [5, 5.41) is 12.1. The summed E-state index contributed by atoms with van der Waals surface area (Å²) in [5.41, 5.74) is 1.84. The average Bonchev–Trinajstić information content (AvgIpc) is 3.50. The Hall–Kier alpha value is -4.47. The van der Waals surface area contributed by atoms with Crippen LogP contribution in [-0.4, -0.2) is 39.1 Å². The van der Waals surface area contributed by atoms with E-state index in [4.69, 9.17) is 9.84 Å². The third kappa shape index (κ3) is 5.84. The lowest BCUT2D eigenvalue weighted by Crippen LogP contribution is -2.35. The topological polar surface area (TPSA) is 94.3 Å². The van der Waals surface area contributed by atoms with Gasteiger partial charge in [0.25, 0.3) is 0 Å². The molecule has 0 aliphatic heterocycles. The van der Waals surface area contributed by atoms with E-state index in [1.165, 1.54) is 21.5 Å². The van der Waals surface area contributed by atoms with E-state index in [0.29, 0.717) is 34.3 Å². The minimum absolute atomic E-state index is 0.210. The number of benzene rings is 2. The standard InChI is InChI=1S/C29H32FN6O3/c1-28(2,3)23-16-25(35(32-23)20-10-8-19(30)9-11-20)31-27(38)34(18-37)26-17-24(29(4,5)6)33-36(26)21-12-14-22(39-7)15-13-21/h8-17H,1-7H3,(H,31,38). The molecule has 2 aromatic carbocycles. The minimum atomic E-state index is -0.760. The Morgan fingerprint density at radius 3 is 1.92 bits per heavy atom. The van der Waals surface area contributed by atoms with Crippen LogP contribution in [0.5, 0.6) is 5.75 Å². The van der Waals surface area contributed by atoms with E-state index in [0.717, 1.165) is 4.90 Å². The highest BCUT2D eigenvalue weighted by molar-refractivity contribution is 6.11. The van der Waals surface area contributed by atoms with Crippen LogP contribution in [0.15, 0.2) is 60.7 Å². The SMILES string of the molecule is COc1ccc(-n2nc(C(C)(C)C)cc2N([C]=O)C(=O)Nc2cc(C(C)(C)C)nn2-c2ccc(F)cc2)cc1. The molecule has 3 amide bonds. The number of rotatable bonds is 6. The zero-order valence-electron chi connectivity index (χ0n) is 23.1. The molecule has 2 aromatic heterocycles. The summed E-state index contributed by atoms with van der Waals surface area (Å²) >= 11 is 0. The summed E-state index contributed by atoms with van der Waals surface area (Å²) in [5.74, 6) is 0.782. The number of hydrogen-bond donors (Lipinski definition) is 1. The first kappa shape index (κ1) is 27.6. The molecule has 0 saturated heterocycles. The van der Waals surface area contributed by atoms with Crippen LogP contribution in [0.4, 0.5) is 20.8 Å². The van der Waals surface area contributed by atoms with Crippen LogP contribution in [0.1, 0.15) is 52.9 Å². The van der Waals surface area contributed by atoms with Gasteiger partial charge in [-0.3, -0.25) is 10.1 Å². The number of nitrogens with zero attached hydrogens (tertiary/aromatic N) is 5. The first-order valence-corrected chi connectivity index (χ1v) is 12.4. The predicted molar refractivity (Wildman–Crippen MR) is 148 cm³/mol. The van der Waals surface area contributed by atoms with Gasteiger partial charge in [0.2, 0.25) is 0 Å². The van der Waals surface area contributed by atoms with E-state index in [1.807, 2.05) is 41.5 Å². The number of hydrogen-bond acceptors (Lipinski definition) is 5. The Morgan fingerprint density at radius 1 is 0.872 bits per heavy atom. The maximum atomic E-state index is 13.6. The van der Waals surface area contributed by atoms with Crippen molar-refractivity contribution >= 4 is 24.1 Å². The van der Waals surface area contributed by atoms with Gasteiger partial charge in [0.05, 0.1) is 29.9 Å². The molecule has 0 aliphatic carbocycles. The summed E-state index contributed by atoms with van der Waals surface area (Å²) in [6, 6.07) is 15.5. The van der Waals surface area contributed by atoms with Gasteiger partial charge in [0.1, 0.15) is 23.2 Å². The maximum absolute atomic E-state index is 13.6. The number of urea groups is 1. The second-order valence-electron chi connectivity index (χ2n) is 11.2. The summed E-state index contributed by atoms with van der Waals surface area (Å²) in [6.07, 6.45) is 1.75. The third-order valence-electron chi connectivity index (χ3n) is 6.08. The molecule has 0 unspecified atom stereocenters. The van der Waals surface area contributed by atoms with Crippen LogP contribution < -0.4 is 15.0 Å². The molecule has 9 nitrogen and oxygen atoms in total. The van der Waals surface area contributed by atoms with Crippen molar-refractivity contribution in [1.29, 1.82) is 0 Å². The number of aromatic nitrogens is 4. The number of carbonyl (C=O) groups is 1. The Bertz CT molecular complexity index is 1480. The molecule has 1 N–H and O–H groups in total. The largest absolute Gasteiger partial charge is 0.497 e. The Labute approximate surface area is 227 Å². The number of methoxy groups -OCH3 is 1. The zero-order chi connectivity index (χ0) is 28.5. The normalized spacial score (nSPS) is 11.8. The molecule has 203 valence electrons. The molecule has 39 heavy (non-hydrogen) atoms. The predicted octanol–water partition coefficient (Wildman–Crippen LogP) is 5.91. The van der Waals surface area contributed by atoms with Gasteiger partial charge in [-0.2, -0.15) is 10.2 Å². The molecular weight excluding hydrogens is 499 g/mol. The first-order valence-electron chi connectivity index (χ1n) is 12.4. The number of ether oxygens (including phenoxy) is 1. The van der Waals surface area contributed by atoms with Crippen LogP contribution in [0.25, 0.3) is 11.4 Å². The fourth-order valence-electron chi connectivity index (χ4n) is 3.78. The number of halogens is 1. The fourth-order valence-corrected chi connectivity index (χ4v) is 3.78. The first-order chi connectivity index (χ1) is 18.3. The van der Waals surface area contributed by atoms with Gasteiger partial charge in [-0.15, -0.1) is 0 Å². The number of amides is 3. The van der Waals surface area contributed by atoms with Gasteiger partial charge in [0.15, 0.2) is 0 Å². The van der Waals surface area contributed by atoms with Crippen LogP contribution in [0.3, 0.4) is 0 Å². The summed E-state index contributed by atoms with van der Waals surface area (Å²) in [4.78, 5) is 26.7. The van der Waals surface area contributed by atoms with Crippen LogP contribution in [0, 0.1) is 5.82 Å². The van der Waals surface area contributed by atoms with E-state index in [1.54, 1.807) is 62.1 Å². The molecule has 2 heterocycles. The fraction of sp³-hybridized carbons (Fsp3) is 0.310. The smallest absolute Gasteiger partial charge is 0.336 e. The van der Waals surface area contributed by atoms with Crippen molar-refractivity contribution < 1.29 is 18.7 Å². The highest BCUT2D eigenvalue weighted by atomic mass is 19.1. The van der Waals surface area contributed by atoms with Crippen LogP contribution in [0.2, 0.25) is 0 Å². The molecule has 4 rings (SSSR count). The van der Waals surface area contributed by atoms with Crippen molar-refractivity contribution in [3.8, 4) is 17.1 Å². The molecule has 0 aliphatic rings. The Balaban J connectivity index is 1.76. The van der Waals surface area contributed by atoms with E-state index >= 15 is 0 Å². The molecule has 0 saturated carbocycles. The maximum Gasteiger partial charge on any atom is 0.336 e. The highest BCUT2D eigenvalue weighted by Gasteiger charge is 2.28. The van der Waals surface area contributed by atoms with Crippen molar-refractivity contribution in [3.63, 3.8) is 0 Å². The summed E-state index contributed by atoms with van der Waals surface area (Å²) in [7, 11) is 1.57. The molecule has 4 aromatic rings. The van der Waals surface area contributed by atoms with Crippen molar-refractivity contribution in [3.05, 3.63) is 77.9 Å². The lowest BCUT2D eigenvalue weighted by atomic mass is 9.92. The van der Waals surface area contributed by atoms with Gasteiger partial charge >= 0.3 is 12.4 Å². The van der Waals surface area contributed by atoms with E-state index in [2.05, 4.69) is 10.4 Å². The second kappa shape index (κ2) is 10.4. The zero-order valence-corrected chi connectivity index (χ0v) is 23.1. The molecular formula is C29H32FN6O3. The van der Waals surface area contributed by atoms with Crippen molar-refractivity contribution in [1.82, 2.24) is 19.6 Å². The van der Waals surface area contributed by atoms with Crippen molar-refractivity contribution in [2.24, 2.45) is 0 Å². The van der Waals surface area contributed by atoms with Gasteiger partial charge in [-0.25, -0.2) is 23.4 Å². The van der Waals surface area contributed by atoms with E-state index in [-0.39, 0.29) is 16.6 Å². The van der Waals surface area contributed by atoms with Crippen molar-refractivity contribution in [2.75, 3.05) is 17.3 Å². The van der Waals surface area contributed by atoms with Crippen LogP contribution in [-0.2, 0) is 15.6 Å². The quantitative estimate of drug-likeness (QED) is 0.312. The molecule has 1 radical (unpaired) electrons. The van der Waals surface area contributed by atoms with Gasteiger partial charge in [-0.1, -0.05) is 41.5 Å². The molecule has 0 spiro atoms. The second-order valence-corrected chi connectivity index (χ2v) is 11.2. The van der Waals surface area contributed by atoms with Gasteiger partial charge in [-0.05, 0) is 48.5 Å². The lowest BCUT2D eigenvalue weighted by Gasteiger charge is -2.17. The van der Waals surface area contributed by atoms with Gasteiger partial charge in [0, 0.05) is 23.0 Å². The molecule has 10 heteroatoms. The molecule has 0 fully saturated rings. The Morgan fingerprint density at radius 2 is 1.38 bits per heavy atom.